The van der Waals surface area contributed by atoms with E-state index in [-0.39, 0.29) is 0 Å². The molecule has 0 spiro atoms. The third-order valence-corrected chi connectivity index (χ3v) is 3.40. The van der Waals surface area contributed by atoms with Crippen molar-refractivity contribution >= 4 is 5.96 Å². The van der Waals surface area contributed by atoms with Crippen molar-refractivity contribution in [1.82, 2.24) is 15.5 Å². The first-order valence-electron chi connectivity index (χ1n) is 7.79. The van der Waals surface area contributed by atoms with Gasteiger partial charge in [0, 0.05) is 33.3 Å². The number of likely N-dealkylation sites (N-methyl/N-ethyl adjacent to an activating group) is 1. The molecule has 0 aromatic rings. The van der Waals surface area contributed by atoms with Crippen LogP contribution in [0.25, 0.3) is 0 Å². The maximum Gasteiger partial charge on any atom is 0.191 e. The smallest absolute Gasteiger partial charge is 0.191 e. The van der Waals surface area contributed by atoms with Gasteiger partial charge in [0.1, 0.15) is 0 Å². The molecule has 0 aliphatic carbocycles. The Labute approximate surface area is 125 Å². The molecule has 0 rings (SSSR count). The number of rotatable bonds is 10. The van der Waals surface area contributed by atoms with E-state index in [0.29, 0.717) is 12.0 Å². The molecule has 0 heterocycles. The Morgan fingerprint density at radius 1 is 1.20 bits per heavy atom. The lowest BCUT2D eigenvalue weighted by molar-refractivity contribution is 0.0258. The number of guanidine groups is 1. The molecule has 120 valence electrons. The molecular weight excluding hydrogens is 252 g/mol. The molecule has 1 unspecified atom stereocenters. The Hall–Kier alpha value is -0.810. The molecule has 0 aromatic heterocycles. The largest absolute Gasteiger partial charge is 0.378 e. The molecule has 0 amide bonds. The zero-order chi connectivity index (χ0) is 15.4. The van der Waals surface area contributed by atoms with Gasteiger partial charge >= 0.3 is 0 Å². The molecular formula is C15H34N4O. The van der Waals surface area contributed by atoms with Crippen LogP contribution in [0.1, 0.15) is 34.1 Å². The van der Waals surface area contributed by atoms with Crippen molar-refractivity contribution in [2.45, 2.75) is 40.2 Å². The summed E-state index contributed by atoms with van der Waals surface area (Å²) in [5.74, 6) is 1.42. The van der Waals surface area contributed by atoms with E-state index in [2.05, 4.69) is 48.3 Å². The van der Waals surface area contributed by atoms with E-state index in [0.717, 1.165) is 45.2 Å². The van der Waals surface area contributed by atoms with Crippen molar-refractivity contribution in [1.29, 1.82) is 0 Å². The van der Waals surface area contributed by atoms with Crippen LogP contribution in [0.15, 0.2) is 4.99 Å². The second kappa shape index (κ2) is 12.0. The van der Waals surface area contributed by atoms with Crippen LogP contribution in [0, 0.1) is 5.92 Å². The van der Waals surface area contributed by atoms with Crippen LogP contribution in [-0.4, -0.2) is 63.8 Å². The summed E-state index contributed by atoms with van der Waals surface area (Å²) in [7, 11) is 3.93. The summed E-state index contributed by atoms with van der Waals surface area (Å²) in [4.78, 5) is 6.50. The third-order valence-electron chi connectivity index (χ3n) is 3.40. The molecule has 0 aromatic carbocycles. The lowest BCUT2D eigenvalue weighted by Crippen LogP contribution is -2.42. The van der Waals surface area contributed by atoms with Gasteiger partial charge in [-0.2, -0.15) is 0 Å². The fourth-order valence-corrected chi connectivity index (χ4v) is 1.90. The summed E-state index contributed by atoms with van der Waals surface area (Å²) in [6.07, 6.45) is 1.32. The fraction of sp³-hybridized carbons (Fsp3) is 0.933. The topological polar surface area (TPSA) is 48.9 Å². The minimum absolute atomic E-state index is 0.317. The first-order valence-corrected chi connectivity index (χ1v) is 7.79. The van der Waals surface area contributed by atoms with Crippen molar-refractivity contribution in [2.75, 3.05) is 46.9 Å². The molecule has 5 heteroatoms. The van der Waals surface area contributed by atoms with E-state index >= 15 is 0 Å². The van der Waals surface area contributed by atoms with Crippen LogP contribution >= 0.6 is 0 Å². The van der Waals surface area contributed by atoms with Gasteiger partial charge < -0.3 is 20.3 Å². The van der Waals surface area contributed by atoms with Gasteiger partial charge in [-0.3, -0.25) is 4.99 Å². The predicted molar refractivity (Wildman–Crippen MR) is 87.4 cm³/mol. The Morgan fingerprint density at radius 3 is 2.35 bits per heavy atom. The molecule has 0 bridgehead atoms. The summed E-state index contributed by atoms with van der Waals surface area (Å²) in [6.45, 7) is 13.3. The van der Waals surface area contributed by atoms with E-state index in [1.807, 2.05) is 6.92 Å². The Morgan fingerprint density at radius 2 is 1.85 bits per heavy atom. The van der Waals surface area contributed by atoms with Crippen molar-refractivity contribution < 1.29 is 4.74 Å². The first kappa shape index (κ1) is 19.2. The number of hydrogen-bond donors (Lipinski definition) is 2. The Balaban J connectivity index is 3.89. The lowest BCUT2D eigenvalue weighted by atomic mass is 10.0. The summed E-state index contributed by atoms with van der Waals surface area (Å²) in [6, 6.07) is 0. The van der Waals surface area contributed by atoms with Crippen LogP contribution in [0.5, 0.6) is 0 Å². The van der Waals surface area contributed by atoms with Gasteiger partial charge in [-0.15, -0.1) is 0 Å². The molecule has 0 radical (unpaired) electrons. The standard InChI is InChI=1S/C15H34N4O/c1-7-19(6)12-11-18-15(16-5)17-10-9-14(13(3)4)20-8-2/h13-14H,7-12H2,1-6H3,(H2,16,17,18). The zero-order valence-electron chi connectivity index (χ0n) is 14.2. The van der Waals surface area contributed by atoms with Crippen LogP contribution in [0.2, 0.25) is 0 Å². The van der Waals surface area contributed by atoms with Crippen molar-refractivity contribution in [2.24, 2.45) is 10.9 Å². The molecule has 0 aliphatic heterocycles. The van der Waals surface area contributed by atoms with Gasteiger partial charge in [0.05, 0.1) is 6.10 Å². The van der Waals surface area contributed by atoms with E-state index < -0.39 is 0 Å². The summed E-state index contributed by atoms with van der Waals surface area (Å²) < 4.78 is 5.74. The highest BCUT2D eigenvalue weighted by Crippen LogP contribution is 2.09. The molecule has 0 aliphatic rings. The van der Waals surface area contributed by atoms with Gasteiger partial charge in [-0.1, -0.05) is 20.8 Å². The van der Waals surface area contributed by atoms with Crippen LogP contribution in [-0.2, 0) is 4.74 Å². The van der Waals surface area contributed by atoms with Gasteiger partial charge in [0.15, 0.2) is 5.96 Å². The fourth-order valence-electron chi connectivity index (χ4n) is 1.90. The molecule has 0 fully saturated rings. The quantitative estimate of drug-likeness (QED) is 0.473. The van der Waals surface area contributed by atoms with E-state index in [9.17, 15) is 0 Å². The number of ether oxygens (including phenoxy) is 1. The summed E-state index contributed by atoms with van der Waals surface area (Å²) >= 11 is 0. The monoisotopic (exact) mass is 286 g/mol. The number of nitrogens with zero attached hydrogens (tertiary/aromatic N) is 2. The average Bonchev–Trinajstić information content (AvgIpc) is 2.43. The molecule has 0 saturated carbocycles. The minimum atomic E-state index is 0.317. The molecule has 0 saturated heterocycles. The third kappa shape index (κ3) is 9.15. The first-order chi connectivity index (χ1) is 9.54. The van der Waals surface area contributed by atoms with Gasteiger partial charge in [0.25, 0.3) is 0 Å². The lowest BCUT2D eigenvalue weighted by Gasteiger charge is -2.22. The second-order valence-corrected chi connectivity index (χ2v) is 5.35. The normalized spacial score (nSPS) is 13.9. The van der Waals surface area contributed by atoms with Crippen molar-refractivity contribution in [3.8, 4) is 0 Å². The molecule has 5 nitrogen and oxygen atoms in total. The van der Waals surface area contributed by atoms with Gasteiger partial charge in [-0.25, -0.2) is 0 Å². The van der Waals surface area contributed by atoms with Gasteiger partial charge in [-0.05, 0) is 32.9 Å². The van der Waals surface area contributed by atoms with Gasteiger partial charge in [0.2, 0.25) is 0 Å². The zero-order valence-corrected chi connectivity index (χ0v) is 14.2. The highest BCUT2D eigenvalue weighted by Gasteiger charge is 2.12. The highest BCUT2D eigenvalue weighted by atomic mass is 16.5. The summed E-state index contributed by atoms with van der Waals surface area (Å²) in [5, 5.41) is 6.67. The average molecular weight is 286 g/mol. The van der Waals surface area contributed by atoms with E-state index in [1.165, 1.54) is 0 Å². The van der Waals surface area contributed by atoms with Crippen LogP contribution in [0.4, 0.5) is 0 Å². The SMILES string of the molecule is CCOC(CCNC(=NC)NCCN(C)CC)C(C)C. The molecule has 2 N–H and O–H groups in total. The van der Waals surface area contributed by atoms with Crippen LogP contribution < -0.4 is 10.6 Å². The molecule has 1 atom stereocenters. The predicted octanol–water partition coefficient (Wildman–Crippen LogP) is 1.55. The number of nitrogens with one attached hydrogen (secondary N) is 2. The number of hydrogen-bond acceptors (Lipinski definition) is 3. The maximum absolute atomic E-state index is 5.74. The second-order valence-electron chi connectivity index (χ2n) is 5.35. The Bertz CT molecular complexity index is 256. The van der Waals surface area contributed by atoms with Crippen molar-refractivity contribution in [3.05, 3.63) is 0 Å². The van der Waals surface area contributed by atoms with E-state index in [4.69, 9.17) is 4.74 Å². The molecule has 20 heavy (non-hydrogen) atoms. The number of aliphatic imine (C=N–C) groups is 1. The van der Waals surface area contributed by atoms with E-state index in [1.54, 1.807) is 7.05 Å². The summed E-state index contributed by atoms with van der Waals surface area (Å²) in [5.41, 5.74) is 0. The Kier molecular flexibility index (Phi) is 11.5. The highest BCUT2D eigenvalue weighted by molar-refractivity contribution is 5.79. The van der Waals surface area contributed by atoms with Crippen molar-refractivity contribution in [3.63, 3.8) is 0 Å². The minimum Gasteiger partial charge on any atom is -0.378 e. The maximum atomic E-state index is 5.74. The van der Waals surface area contributed by atoms with Crippen LogP contribution in [0.3, 0.4) is 0 Å².